The van der Waals surface area contributed by atoms with Gasteiger partial charge in [0, 0.05) is 32.7 Å². The molecule has 0 atom stereocenters. The standard InChI is InChI=1S/C15H29F3N4O2S2/c1-3-19-14(20-8-4-5-11-25-2)21-12-13-6-9-22(10-7-13)26(23,24)15(16,17)18/h13H,3-12H2,1-2H3,(H2,19,20,21). The van der Waals surface area contributed by atoms with Gasteiger partial charge in [0.1, 0.15) is 0 Å². The van der Waals surface area contributed by atoms with Crippen LogP contribution >= 0.6 is 11.8 Å². The van der Waals surface area contributed by atoms with Crippen LogP contribution in [0, 0.1) is 5.92 Å². The van der Waals surface area contributed by atoms with E-state index >= 15 is 0 Å². The van der Waals surface area contributed by atoms with Crippen molar-refractivity contribution in [3.8, 4) is 0 Å². The smallest absolute Gasteiger partial charge is 0.357 e. The fourth-order valence-corrected chi connectivity index (χ4v) is 4.10. The molecule has 0 radical (unpaired) electrons. The van der Waals surface area contributed by atoms with Crippen molar-refractivity contribution in [1.29, 1.82) is 0 Å². The Hall–Kier alpha value is -0.680. The third-order valence-electron chi connectivity index (χ3n) is 4.13. The van der Waals surface area contributed by atoms with E-state index in [1.165, 1.54) is 0 Å². The Morgan fingerprint density at radius 1 is 1.23 bits per heavy atom. The van der Waals surface area contributed by atoms with E-state index in [1.807, 2.05) is 18.7 Å². The van der Waals surface area contributed by atoms with Crippen molar-refractivity contribution in [3.63, 3.8) is 0 Å². The molecule has 0 unspecified atom stereocenters. The number of nitrogens with zero attached hydrogens (tertiary/aromatic N) is 2. The number of guanidine groups is 1. The molecule has 11 heteroatoms. The van der Waals surface area contributed by atoms with E-state index in [4.69, 9.17) is 0 Å². The number of piperidine rings is 1. The number of unbranched alkanes of at least 4 members (excludes halogenated alkanes) is 1. The zero-order chi connectivity index (χ0) is 19.6. The van der Waals surface area contributed by atoms with Gasteiger partial charge in [0.25, 0.3) is 0 Å². The summed E-state index contributed by atoms with van der Waals surface area (Å²) in [5.41, 5.74) is -5.23. The zero-order valence-corrected chi connectivity index (χ0v) is 16.9. The van der Waals surface area contributed by atoms with Gasteiger partial charge in [-0.1, -0.05) is 0 Å². The Bertz CT molecular complexity index is 533. The van der Waals surface area contributed by atoms with Gasteiger partial charge < -0.3 is 10.6 Å². The molecule has 0 aromatic rings. The summed E-state index contributed by atoms with van der Waals surface area (Å²) in [5, 5.41) is 6.39. The lowest BCUT2D eigenvalue weighted by molar-refractivity contribution is -0.0496. The van der Waals surface area contributed by atoms with Crippen LogP contribution in [0.4, 0.5) is 13.2 Å². The van der Waals surface area contributed by atoms with Gasteiger partial charge in [0.15, 0.2) is 5.96 Å². The number of aliphatic imine (C=N–C) groups is 1. The van der Waals surface area contributed by atoms with Gasteiger partial charge in [0.05, 0.1) is 0 Å². The third kappa shape index (κ3) is 7.51. The van der Waals surface area contributed by atoms with Crippen LogP contribution in [-0.4, -0.2) is 68.9 Å². The number of alkyl halides is 3. The van der Waals surface area contributed by atoms with Crippen molar-refractivity contribution in [1.82, 2.24) is 14.9 Å². The Labute approximate surface area is 158 Å². The van der Waals surface area contributed by atoms with Gasteiger partial charge >= 0.3 is 15.5 Å². The molecule has 0 aromatic heterocycles. The average Bonchev–Trinajstić information content (AvgIpc) is 2.58. The van der Waals surface area contributed by atoms with Crippen LogP contribution in [0.25, 0.3) is 0 Å². The summed E-state index contributed by atoms with van der Waals surface area (Å²) >= 11 is 1.81. The fourth-order valence-electron chi connectivity index (χ4n) is 2.62. The number of hydrogen-bond acceptors (Lipinski definition) is 4. The van der Waals surface area contributed by atoms with Crippen molar-refractivity contribution >= 4 is 27.7 Å². The SMILES string of the molecule is CCNC(=NCC1CCN(S(=O)(=O)C(F)(F)F)CC1)NCCCCSC. The molecule has 0 saturated carbocycles. The summed E-state index contributed by atoms with van der Waals surface area (Å²) < 4.78 is 61.1. The molecule has 1 aliphatic heterocycles. The van der Waals surface area contributed by atoms with Crippen molar-refractivity contribution in [2.75, 3.05) is 44.7 Å². The van der Waals surface area contributed by atoms with Crippen molar-refractivity contribution in [2.24, 2.45) is 10.9 Å². The Morgan fingerprint density at radius 2 is 1.88 bits per heavy atom. The summed E-state index contributed by atoms with van der Waals surface area (Å²) in [6.45, 7) is 3.75. The Kier molecular flexibility index (Phi) is 10.1. The first-order chi connectivity index (χ1) is 12.2. The summed E-state index contributed by atoms with van der Waals surface area (Å²) in [6, 6.07) is 0. The molecule has 1 rings (SSSR count). The highest BCUT2D eigenvalue weighted by Gasteiger charge is 2.50. The van der Waals surface area contributed by atoms with E-state index in [1.54, 1.807) is 0 Å². The molecular weight excluding hydrogens is 389 g/mol. The van der Waals surface area contributed by atoms with Gasteiger partial charge in [0.2, 0.25) is 0 Å². The molecule has 1 aliphatic rings. The summed E-state index contributed by atoms with van der Waals surface area (Å²) in [7, 11) is -5.21. The molecule has 1 saturated heterocycles. The number of thioether (sulfide) groups is 1. The van der Waals surface area contributed by atoms with Crippen LogP contribution in [0.5, 0.6) is 0 Å². The first kappa shape index (κ1) is 23.4. The van der Waals surface area contributed by atoms with Crippen molar-refractivity contribution < 1.29 is 21.6 Å². The molecule has 154 valence electrons. The molecule has 26 heavy (non-hydrogen) atoms. The minimum atomic E-state index is -5.23. The van der Waals surface area contributed by atoms with E-state index in [-0.39, 0.29) is 19.0 Å². The third-order valence-corrected chi connectivity index (χ3v) is 6.45. The van der Waals surface area contributed by atoms with E-state index in [9.17, 15) is 21.6 Å². The maximum atomic E-state index is 12.6. The molecule has 6 nitrogen and oxygen atoms in total. The van der Waals surface area contributed by atoms with Crippen LogP contribution in [0.1, 0.15) is 32.6 Å². The molecule has 1 fully saturated rings. The Morgan fingerprint density at radius 3 is 2.42 bits per heavy atom. The van der Waals surface area contributed by atoms with Crippen LogP contribution < -0.4 is 10.6 Å². The van der Waals surface area contributed by atoms with Crippen LogP contribution in [0.3, 0.4) is 0 Å². The normalized spacial score (nSPS) is 18.1. The molecule has 1 heterocycles. The molecular formula is C15H29F3N4O2S2. The minimum absolute atomic E-state index is 0.0848. The van der Waals surface area contributed by atoms with Gasteiger partial charge in [-0.05, 0) is 50.5 Å². The van der Waals surface area contributed by atoms with E-state index in [0.29, 0.717) is 29.7 Å². The summed E-state index contributed by atoms with van der Waals surface area (Å²) in [6.07, 6.45) is 5.00. The van der Waals surface area contributed by atoms with Gasteiger partial charge in [-0.15, -0.1) is 0 Å². The molecule has 0 aliphatic carbocycles. The molecule has 0 spiro atoms. The van der Waals surface area contributed by atoms with E-state index in [2.05, 4.69) is 21.9 Å². The zero-order valence-electron chi connectivity index (χ0n) is 15.3. The number of sulfonamides is 1. The lowest BCUT2D eigenvalue weighted by Gasteiger charge is -2.30. The fraction of sp³-hybridized carbons (Fsp3) is 0.933. The monoisotopic (exact) mass is 418 g/mol. The summed E-state index contributed by atoms with van der Waals surface area (Å²) in [4.78, 5) is 4.49. The van der Waals surface area contributed by atoms with Gasteiger partial charge in [-0.3, -0.25) is 4.99 Å². The molecule has 2 N–H and O–H groups in total. The number of nitrogens with one attached hydrogen (secondary N) is 2. The maximum absolute atomic E-state index is 12.6. The van der Waals surface area contributed by atoms with Crippen LogP contribution in [0.15, 0.2) is 4.99 Å². The average molecular weight is 419 g/mol. The largest absolute Gasteiger partial charge is 0.511 e. The van der Waals surface area contributed by atoms with E-state index in [0.717, 1.165) is 31.7 Å². The van der Waals surface area contributed by atoms with Gasteiger partial charge in [-0.25, -0.2) is 8.42 Å². The quantitative estimate of drug-likeness (QED) is 0.341. The highest BCUT2D eigenvalue weighted by molar-refractivity contribution is 7.98. The molecule has 0 amide bonds. The number of halogens is 3. The topological polar surface area (TPSA) is 73.8 Å². The second-order valence-electron chi connectivity index (χ2n) is 6.14. The second kappa shape index (κ2) is 11.2. The minimum Gasteiger partial charge on any atom is -0.357 e. The van der Waals surface area contributed by atoms with Gasteiger partial charge in [-0.2, -0.15) is 29.2 Å². The van der Waals surface area contributed by atoms with Crippen LogP contribution in [-0.2, 0) is 10.0 Å². The first-order valence-electron chi connectivity index (χ1n) is 8.80. The molecule has 0 bridgehead atoms. The predicted molar refractivity (Wildman–Crippen MR) is 101 cm³/mol. The lowest BCUT2D eigenvalue weighted by atomic mass is 9.98. The Balaban J connectivity index is 2.45. The lowest BCUT2D eigenvalue weighted by Crippen LogP contribution is -2.45. The van der Waals surface area contributed by atoms with E-state index < -0.39 is 15.5 Å². The van der Waals surface area contributed by atoms with Crippen molar-refractivity contribution in [3.05, 3.63) is 0 Å². The van der Waals surface area contributed by atoms with Crippen molar-refractivity contribution in [2.45, 2.75) is 38.1 Å². The highest BCUT2D eigenvalue weighted by Crippen LogP contribution is 2.30. The maximum Gasteiger partial charge on any atom is 0.511 e. The predicted octanol–water partition coefficient (Wildman–Crippen LogP) is 2.25. The second-order valence-corrected chi connectivity index (χ2v) is 9.05. The highest BCUT2D eigenvalue weighted by atomic mass is 32.2. The number of hydrogen-bond donors (Lipinski definition) is 2. The molecule has 0 aromatic carbocycles. The number of rotatable bonds is 9. The summed E-state index contributed by atoms with van der Waals surface area (Å²) in [5.74, 6) is 1.90. The first-order valence-corrected chi connectivity index (χ1v) is 11.6. The van der Waals surface area contributed by atoms with Crippen LogP contribution in [0.2, 0.25) is 0 Å².